The Morgan fingerprint density at radius 2 is 1.10 bits per heavy atom. The van der Waals surface area contributed by atoms with Crippen LogP contribution in [-0.4, -0.2) is 74.0 Å². The van der Waals surface area contributed by atoms with E-state index in [9.17, 15) is 34.2 Å². The van der Waals surface area contributed by atoms with Crippen molar-refractivity contribution in [2.24, 2.45) is 5.73 Å². The molecule has 2 aromatic heterocycles. The second-order valence-corrected chi connectivity index (χ2v) is 11.5. The largest absolute Gasteiger partial charge is 0.481 e. The molecule has 0 aliphatic rings. The number of aromatic nitrogens is 2. The van der Waals surface area contributed by atoms with Crippen LogP contribution in [0.25, 0.3) is 21.8 Å². The van der Waals surface area contributed by atoms with Gasteiger partial charge in [-0.25, -0.2) is 4.79 Å². The molecule has 3 aromatic carbocycles. The standard InChI is InChI=1S/C35H36N6O7/c36-25(15-21-18-37-26-12-6-4-10-23(21)26)32(44)39-28(16-22-19-38-27-13-7-5-11-24(22)27)33(45)40-29(17-31(42)43)34(46)41-30(35(47)48)14-20-8-2-1-3-9-20/h1-13,18-19,25,28-30,37-38H,14-17,36H2,(H,39,44)(H,40,45)(H,41,46)(H,42,43)(H,47,48). The van der Waals surface area contributed by atoms with E-state index >= 15 is 0 Å². The van der Waals surface area contributed by atoms with Gasteiger partial charge in [0.1, 0.15) is 18.1 Å². The van der Waals surface area contributed by atoms with Crippen LogP contribution >= 0.6 is 0 Å². The number of nitrogens with two attached hydrogens (primary N) is 1. The summed E-state index contributed by atoms with van der Waals surface area (Å²) in [4.78, 5) is 70.5. The summed E-state index contributed by atoms with van der Waals surface area (Å²) in [6.07, 6.45) is 2.72. The maximum atomic E-state index is 13.8. The van der Waals surface area contributed by atoms with E-state index in [1.165, 1.54) is 0 Å². The Kier molecular flexibility index (Phi) is 10.5. The number of aliphatic carboxylic acids is 2. The lowest BCUT2D eigenvalue weighted by atomic mass is 10.0. The molecule has 13 nitrogen and oxygen atoms in total. The van der Waals surface area contributed by atoms with Crippen molar-refractivity contribution < 1.29 is 34.2 Å². The van der Waals surface area contributed by atoms with Gasteiger partial charge in [-0.05, 0) is 35.2 Å². The number of hydrogen-bond donors (Lipinski definition) is 8. The Morgan fingerprint density at radius 3 is 1.69 bits per heavy atom. The van der Waals surface area contributed by atoms with Gasteiger partial charge >= 0.3 is 11.9 Å². The number of amides is 3. The molecule has 248 valence electrons. The zero-order chi connectivity index (χ0) is 34.2. The van der Waals surface area contributed by atoms with Crippen LogP contribution in [0.2, 0.25) is 0 Å². The lowest BCUT2D eigenvalue weighted by Gasteiger charge is -2.24. The molecule has 0 saturated heterocycles. The first-order valence-corrected chi connectivity index (χ1v) is 15.3. The van der Waals surface area contributed by atoms with E-state index in [4.69, 9.17) is 5.73 Å². The monoisotopic (exact) mass is 652 g/mol. The maximum absolute atomic E-state index is 13.8. The molecule has 0 fully saturated rings. The lowest BCUT2D eigenvalue weighted by Crippen LogP contribution is -2.58. The lowest BCUT2D eigenvalue weighted by molar-refractivity contribution is -0.143. The number of carbonyl (C=O) groups is 5. The number of carboxylic acid groups (broad SMARTS) is 2. The SMILES string of the molecule is NC(Cc1c[nH]c2ccccc12)C(=O)NC(Cc1c[nH]c2ccccc12)C(=O)NC(CC(=O)O)C(=O)NC(Cc1ccccc1)C(=O)O. The summed E-state index contributed by atoms with van der Waals surface area (Å²) in [5.41, 5.74) is 10.1. The summed E-state index contributed by atoms with van der Waals surface area (Å²) in [6.45, 7) is 0. The molecule has 0 spiro atoms. The van der Waals surface area contributed by atoms with E-state index < -0.39 is 60.2 Å². The van der Waals surface area contributed by atoms with Gasteiger partial charge in [-0.1, -0.05) is 66.7 Å². The van der Waals surface area contributed by atoms with Crippen LogP contribution in [-0.2, 0) is 43.2 Å². The number of para-hydroxylation sites is 2. The average molecular weight is 653 g/mol. The maximum Gasteiger partial charge on any atom is 0.326 e. The number of hydrogen-bond acceptors (Lipinski definition) is 6. The van der Waals surface area contributed by atoms with Crippen molar-refractivity contribution in [2.75, 3.05) is 0 Å². The first kappa shape index (κ1) is 33.4. The van der Waals surface area contributed by atoms with Gasteiger partial charge in [0, 0.05) is 47.0 Å². The van der Waals surface area contributed by atoms with Gasteiger partial charge < -0.3 is 41.9 Å². The number of H-pyrrole nitrogens is 2. The summed E-state index contributed by atoms with van der Waals surface area (Å²) >= 11 is 0. The first-order chi connectivity index (χ1) is 23.1. The number of aromatic amines is 2. The molecule has 48 heavy (non-hydrogen) atoms. The van der Waals surface area contributed by atoms with Crippen molar-refractivity contribution in [2.45, 2.75) is 49.9 Å². The van der Waals surface area contributed by atoms with Gasteiger partial charge in [0.15, 0.2) is 0 Å². The number of carboxylic acids is 2. The summed E-state index contributed by atoms with van der Waals surface area (Å²) < 4.78 is 0. The van der Waals surface area contributed by atoms with Crippen LogP contribution in [0, 0.1) is 0 Å². The number of rotatable bonds is 15. The third-order valence-electron chi connectivity index (χ3n) is 8.09. The van der Waals surface area contributed by atoms with Gasteiger partial charge in [0.25, 0.3) is 0 Å². The molecule has 3 amide bonds. The first-order valence-electron chi connectivity index (χ1n) is 15.3. The molecule has 4 atom stereocenters. The van der Waals surface area contributed by atoms with Crippen molar-refractivity contribution in [3.05, 3.63) is 108 Å². The normalized spacial score (nSPS) is 13.7. The van der Waals surface area contributed by atoms with Gasteiger partial charge in [0.05, 0.1) is 12.5 Å². The molecule has 0 radical (unpaired) electrons. The van der Waals surface area contributed by atoms with Crippen LogP contribution in [0.15, 0.2) is 91.3 Å². The summed E-state index contributed by atoms with van der Waals surface area (Å²) in [7, 11) is 0. The fourth-order valence-electron chi connectivity index (χ4n) is 5.62. The Labute approximate surface area is 274 Å². The molecule has 5 aromatic rings. The quantitative estimate of drug-likeness (QED) is 0.0834. The minimum Gasteiger partial charge on any atom is -0.481 e. The Morgan fingerprint density at radius 1 is 0.604 bits per heavy atom. The number of fused-ring (bicyclic) bond motifs is 2. The van der Waals surface area contributed by atoms with Crippen molar-refractivity contribution in [1.29, 1.82) is 0 Å². The van der Waals surface area contributed by atoms with Gasteiger partial charge in [-0.15, -0.1) is 0 Å². The van der Waals surface area contributed by atoms with Crippen LogP contribution < -0.4 is 21.7 Å². The second kappa shape index (κ2) is 15.1. The molecule has 4 unspecified atom stereocenters. The smallest absolute Gasteiger partial charge is 0.326 e. The van der Waals surface area contributed by atoms with Crippen molar-refractivity contribution in [3.63, 3.8) is 0 Å². The molecule has 9 N–H and O–H groups in total. The number of nitrogens with one attached hydrogen (secondary N) is 5. The van der Waals surface area contributed by atoms with Gasteiger partial charge in [0.2, 0.25) is 17.7 Å². The zero-order valence-corrected chi connectivity index (χ0v) is 25.8. The molecular weight excluding hydrogens is 616 g/mol. The predicted molar refractivity (Wildman–Crippen MR) is 178 cm³/mol. The third kappa shape index (κ3) is 8.25. The molecule has 0 aliphatic heterocycles. The van der Waals surface area contributed by atoms with Gasteiger partial charge in [-0.3, -0.25) is 19.2 Å². The highest BCUT2D eigenvalue weighted by molar-refractivity contribution is 5.96. The highest BCUT2D eigenvalue weighted by Gasteiger charge is 2.32. The van der Waals surface area contributed by atoms with E-state index in [2.05, 4.69) is 25.9 Å². The van der Waals surface area contributed by atoms with Crippen LogP contribution in [0.5, 0.6) is 0 Å². The molecule has 5 rings (SSSR count). The topological polar surface area (TPSA) is 219 Å². The Bertz CT molecular complexity index is 1940. The Balaban J connectivity index is 1.35. The fourth-order valence-corrected chi connectivity index (χ4v) is 5.62. The molecule has 0 saturated carbocycles. The molecule has 2 heterocycles. The number of carbonyl (C=O) groups excluding carboxylic acids is 3. The fraction of sp³-hybridized carbons (Fsp3) is 0.229. The van der Waals surface area contributed by atoms with E-state index in [0.717, 1.165) is 27.4 Å². The summed E-state index contributed by atoms with van der Waals surface area (Å²) in [5.74, 6) is -5.20. The molecule has 0 bridgehead atoms. The van der Waals surface area contributed by atoms with Crippen LogP contribution in [0.3, 0.4) is 0 Å². The van der Waals surface area contributed by atoms with Crippen molar-refractivity contribution >= 4 is 51.5 Å². The molecule has 0 aliphatic carbocycles. The minimum atomic E-state index is -1.64. The van der Waals surface area contributed by atoms with E-state index in [1.807, 2.05) is 48.5 Å². The van der Waals surface area contributed by atoms with E-state index in [1.54, 1.807) is 42.7 Å². The summed E-state index contributed by atoms with van der Waals surface area (Å²) in [6, 6.07) is 18.2. The molecule has 13 heteroatoms. The average Bonchev–Trinajstić information content (AvgIpc) is 3.67. The highest BCUT2D eigenvalue weighted by Crippen LogP contribution is 2.21. The van der Waals surface area contributed by atoms with Crippen LogP contribution in [0.1, 0.15) is 23.1 Å². The number of benzene rings is 3. The van der Waals surface area contributed by atoms with Gasteiger partial charge in [-0.2, -0.15) is 0 Å². The van der Waals surface area contributed by atoms with Crippen molar-refractivity contribution in [3.8, 4) is 0 Å². The minimum absolute atomic E-state index is 0.0193. The van der Waals surface area contributed by atoms with Crippen LogP contribution in [0.4, 0.5) is 0 Å². The van der Waals surface area contributed by atoms with E-state index in [0.29, 0.717) is 11.1 Å². The zero-order valence-electron chi connectivity index (χ0n) is 25.8. The third-order valence-corrected chi connectivity index (χ3v) is 8.09. The highest BCUT2D eigenvalue weighted by atomic mass is 16.4. The summed E-state index contributed by atoms with van der Waals surface area (Å²) in [5, 5.41) is 28.5. The van der Waals surface area contributed by atoms with Crippen molar-refractivity contribution in [1.82, 2.24) is 25.9 Å². The Hall–Kier alpha value is -5.95. The molecular formula is C35H36N6O7. The predicted octanol–water partition coefficient (Wildman–Crippen LogP) is 2.02. The van der Waals surface area contributed by atoms with E-state index in [-0.39, 0.29) is 19.3 Å². The second-order valence-electron chi connectivity index (χ2n) is 11.5.